The lowest BCUT2D eigenvalue weighted by atomic mass is 9.45. The summed E-state index contributed by atoms with van der Waals surface area (Å²) in [4.78, 5) is 0. The van der Waals surface area contributed by atoms with Gasteiger partial charge in [0.1, 0.15) is 0 Å². The smallest absolute Gasteiger partial charge is 0.0855 e. The van der Waals surface area contributed by atoms with Crippen molar-refractivity contribution in [3.63, 3.8) is 0 Å². The van der Waals surface area contributed by atoms with Gasteiger partial charge in [0.25, 0.3) is 0 Å². The molecule has 4 aliphatic carbocycles. The highest BCUT2D eigenvalue weighted by atomic mass is 16.3. The Morgan fingerprint density at radius 2 is 1.50 bits per heavy atom. The third-order valence-corrected chi connectivity index (χ3v) is 8.61. The number of rotatable bonds is 0. The number of hydrogen-bond acceptors (Lipinski definition) is 3. The Labute approximate surface area is 134 Å². The Morgan fingerprint density at radius 1 is 0.773 bits per heavy atom. The Bertz CT molecular complexity index is 452. The van der Waals surface area contributed by atoms with E-state index in [1.165, 1.54) is 19.3 Å². The maximum atomic E-state index is 10.5. The third-order valence-electron chi connectivity index (χ3n) is 8.61. The molecule has 9 atom stereocenters. The molecule has 4 saturated carbocycles. The van der Waals surface area contributed by atoms with Gasteiger partial charge in [0.05, 0.1) is 18.3 Å². The van der Waals surface area contributed by atoms with Crippen LogP contribution in [0.15, 0.2) is 0 Å². The molecule has 0 bridgehead atoms. The van der Waals surface area contributed by atoms with E-state index in [2.05, 4.69) is 13.8 Å². The molecule has 3 N–H and O–H groups in total. The minimum absolute atomic E-state index is 0.0715. The maximum absolute atomic E-state index is 10.5. The molecule has 4 aliphatic rings. The van der Waals surface area contributed by atoms with Crippen molar-refractivity contribution in [1.82, 2.24) is 0 Å². The Hall–Kier alpha value is -0.120. The van der Waals surface area contributed by atoms with Gasteiger partial charge in [-0.15, -0.1) is 0 Å². The van der Waals surface area contributed by atoms with E-state index in [1.807, 2.05) is 0 Å². The first kappa shape index (κ1) is 15.4. The molecular formula is C19H32O3. The predicted molar refractivity (Wildman–Crippen MR) is 85.1 cm³/mol. The number of aliphatic hydroxyl groups is 3. The fourth-order valence-electron chi connectivity index (χ4n) is 7.22. The molecule has 3 heteroatoms. The summed E-state index contributed by atoms with van der Waals surface area (Å²) in [6, 6.07) is 0. The second-order valence-corrected chi connectivity index (χ2v) is 9.38. The van der Waals surface area contributed by atoms with Gasteiger partial charge >= 0.3 is 0 Å². The predicted octanol–water partition coefficient (Wildman–Crippen LogP) is 2.72. The molecule has 0 aliphatic heterocycles. The summed E-state index contributed by atoms with van der Waals surface area (Å²) in [6.45, 7) is 4.69. The van der Waals surface area contributed by atoms with Gasteiger partial charge < -0.3 is 15.3 Å². The molecule has 3 nitrogen and oxygen atoms in total. The van der Waals surface area contributed by atoms with Crippen molar-refractivity contribution in [1.29, 1.82) is 0 Å². The van der Waals surface area contributed by atoms with Crippen LogP contribution in [0.25, 0.3) is 0 Å². The Balaban J connectivity index is 1.63. The van der Waals surface area contributed by atoms with Gasteiger partial charge in [0, 0.05) is 0 Å². The maximum Gasteiger partial charge on any atom is 0.0855 e. The first-order valence-corrected chi connectivity index (χ1v) is 9.40. The lowest BCUT2D eigenvalue weighted by molar-refractivity contribution is -0.135. The monoisotopic (exact) mass is 308 g/mol. The van der Waals surface area contributed by atoms with Crippen molar-refractivity contribution >= 4 is 0 Å². The lowest BCUT2D eigenvalue weighted by Gasteiger charge is -2.60. The van der Waals surface area contributed by atoms with Crippen molar-refractivity contribution in [2.75, 3.05) is 0 Å². The highest BCUT2D eigenvalue weighted by molar-refractivity contribution is 5.11. The van der Waals surface area contributed by atoms with E-state index in [1.54, 1.807) is 0 Å². The second-order valence-electron chi connectivity index (χ2n) is 9.38. The fraction of sp³-hybridized carbons (Fsp3) is 1.00. The molecule has 0 aromatic heterocycles. The van der Waals surface area contributed by atoms with Crippen LogP contribution >= 0.6 is 0 Å². The van der Waals surface area contributed by atoms with E-state index < -0.39 is 12.2 Å². The highest BCUT2D eigenvalue weighted by Crippen LogP contribution is 2.66. The summed E-state index contributed by atoms with van der Waals surface area (Å²) in [5.41, 5.74) is 0.305. The number of fused-ring (bicyclic) bond motifs is 5. The van der Waals surface area contributed by atoms with Crippen molar-refractivity contribution in [2.24, 2.45) is 34.5 Å². The van der Waals surface area contributed by atoms with Crippen molar-refractivity contribution < 1.29 is 15.3 Å². The molecule has 22 heavy (non-hydrogen) atoms. The largest absolute Gasteiger partial charge is 0.393 e. The summed E-state index contributed by atoms with van der Waals surface area (Å²) in [6.07, 6.45) is 7.49. The molecule has 0 aromatic rings. The average Bonchev–Trinajstić information content (AvgIpc) is 2.72. The van der Waals surface area contributed by atoms with Crippen LogP contribution in [0.2, 0.25) is 0 Å². The van der Waals surface area contributed by atoms with Gasteiger partial charge in [0.2, 0.25) is 0 Å². The number of aliphatic hydroxyl groups excluding tert-OH is 3. The molecule has 4 fully saturated rings. The molecule has 0 spiro atoms. The van der Waals surface area contributed by atoms with Crippen LogP contribution in [-0.4, -0.2) is 33.6 Å². The average molecular weight is 308 g/mol. The van der Waals surface area contributed by atoms with Gasteiger partial charge in [-0.3, -0.25) is 0 Å². The van der Waals surface area contributed by atoms with Gasteiger partial charge in [-0.25, -0.2) is 0 Å². The van der Waals surface area contributed by atoms with Gasteiger partial charge in [-0.2, -0.15) is 0 Å². The van der Waals surface area contributed by atoms with Crippen LogP contribution in [0.4, 0.5) is 0 Å². The van der Waals surface area contributed by atoms with Crippen LogP contribution < -0.4 is 0 Å². The molecule has 2 unspecified atom stereocenters. The molecule has 0 heterocycles. The van der Waals surface area contributed by atoms with Gasteiger partial charge in [-0.05, 0) is 85.9 Å². The zero-order valence-electron chi connectivity index (χ0n) is 14.0. The summed E-state index contributed by atoms with van der Waals surface area (Å²) in [7, 11) is 0. The minimum atomic E-state index is -0.530. The van der Waals surface area contributed by atoms with Crippen LogP contribution in [0, 0.1) is 34.5 Å². The van der Waals surface area contributed by atoms with E-state index >= 15 is 0 Å². The minimum Gasteiger partial charge on any atom is -0.393 e. The Kier molecular flexibility index (Phi) is 3.46. The standard InChI is InChI=1S/C19H32O3/c1-18-7-5-12(20)9-11(18)3-4-13-14(18)6-8-19(2)15(13)10-16(21)17(19)22/h11-17,20-22H,3-10H2,1-2H3/t11?,12?,13-,14+,15+,16+,17+,18+,19+/m1/s1. The normalized spacial score (nSPS) is 61.2. The zero-order valence-corrected chi connectivity index (χ0v) is 14.0. The lowest BCUT2D eigenvalue weighted by Crippen LogP contribution is -2.54. The molecule has 0 saturated heterocycles. The summed E-state index contributed by atoms with van der Waals surface area (Å²) in [5, 5.41) is 30.8. The quantitative estimate of drug-likeness (QED) is 0.645. The Morgan fingerprint density at radius 3 is 2.27 bits per heavy atom. The van der Waals surface area contributed by atoms with Crippen molar-refractivity contribution in [2.45, 2.75) is 83.5 Å². The van der Waals surface area contributed by atoms with Gasteiger partial charge in [0.15, 0.2) is 0 Å². The third kappa shape index (κ3) is 1.91. The summed E-state index contributed by atoms with van der Waals surface area (Å²) >= 11 is 0. The van der Waals surface area contributed by atoms with Gasteiger partial charge in [-0.1, -0.05) is 13.8 Å². The van der Waals surface area contributed by atoms with E-state index in [-0.39, 0.29) is 11.5 Å². The zero-order chi connectivity index (χ0) is 15.7. The molecular weight excluding hydrogens is 276 g/mol. The summed E-state index contributed by atoms with van der Waals surface area (Å²) < 4.78 is 0. The first-order chi connectivity index (χ1) is 10.4. The SMILES string of the molecule is C[C@]12CC[C@H]3[C@@H](CCC4CC(O)CC[C@@]43C)[C@@H]1C[C@H](O)[C@@H]2O. The van der Waals surface area contributed by atoms with Crippen molar-refractivity contribution in [3.8, 4) is 0 Å². The topological polar surface area (TPSA) is 60.7 Å². The second kappa shape index (κ2) is 4.94. The number of hydrogen-bond donors (Lipinski definition) is 3. The molecule has 0 aromatic carbocycles. The first-order valence-electron chi connectivity index (χ1n) is 9.40. The van der Waals surface area contributed by atoms with E-state index in [9.17, 15) is 15.3 Å². The van der Waals surface area contributed by atoms with Crippen LogP contribution in [0.5, 0.6) is 0 Å². The van der Waals surface area contributed by atoms with E-state index in [4.69, 9.17) is 0 Å². The van der Waals surface area contributed by atoms with Crippen LogP contribution in [0.3, 0.4) is 0 Å². The molecule has 4 rings (SSSR count). The van der Waals surface area contributed by atoms with Crippen molar-refractivity contribution in [3.05, 3.63) is 0 Å². The fourth-order valence-corrected chi connectivity index (χ4v) is 7.22. The van der Waals surface area contributed by atoms with Crippen LogP contribution in [-0.2, 0) is 0 Å². The van der Waals surface area contributed by atoms with E-state index in [0.717, 1.165) is 38.0 Å². The summed E-state index contributed by atoms with van der Waals surface area (Å²) in [5.74, 6) is 2.57. The highest BCUT2D eigenvalue weighted by Gasteiger charge is 2.61. The van der Waals surface area contributed by atoms with Crippen LogP contribution in [0.1, 0.15) is 65.2 Å². The molecule has 0 amide bonds. The molecule has 0 radical (unpaired) electrons. The molecule has 126 valence electrons. The van der Waals surface area contributed by atoms with E-state index in [0.29, 0.717) is 23.2 Å².